The molecule has 4 rings (SSSR count). The van der Waals surface area contributed by atoms with Gasteiger partial charge in [-0.25, -0.2) is 0 Å². The van der Waals surface area contributed by atoms with Gasteiger partial charge in [0.1, 0.15) is 0 Å². The zero-order chi connectivity index (χ0) is 22.5. The van der Waals surface area contributed by atoms with Crippen LogP contribution < -0.4 is 0 Å². The van der Waals surface area contributed by atoms with Crippen molar-refractivity contribution in [1.29, 1.82) is 5.26 Å². The summed E-state index contributed by atoms with van der Waals surface area (Å²) in [6.07, 6.45) is 0. The molecule has 1 aliphatic rings. The quantitative estimate of drug-likeness (QED) is 0.555. The number of hydrogen-bond acceptors (Lipinski definition) is 6. The Morgan fingerprint density at radius 1 is 1.03 bits per heavy atom. The summed E-state index contributed by atoms with van der Waals surface area (Å²) in [4.78, 5) is 30.1. The molecule has 0 radical (unpaired) electrons. The Hall–Kier alpha value is -3.57. The highest BCUT2D eigenvalue weighted by Crippen LogP contribution is 2.28. The molecule has 0 unspecified atom stereocenters. The number of piperazine rings is 1. The monoisotopic (exact) mass is 446 g/mol. The third-order valence-corrected chi connectivity index (χ3v) is 6.43. The fourth-order valence-corrected chi connectivity index (χ4v) is 4.51. The molecule has 2 heterocycles. The van der Waals surface area contributed by atoms with Crippen molar-refractivity contribution >= 4 is 23.6 Å². The lowest BCUT2D eigenvalue weighted by molar-refractivity contribution is 0.0511. The van der Waals surface area contributed by atoms with Gasteiger partial charge in [-0.15, -0.1) is 11.8 Å². The number of carbonyl (C=O) groups excluding carboxylic acids is 2. The highest BCUT2D eigenvalue weighted by atomic mass is 32.2. The minimum atomic E-state index is -0.198. The first-order valence-corrected chi connectivity index (χ1v) is 11.3. The summed E-state index contributed by atoms with van der Waals surface area (Å²) < 4.78 is 5.07. The Kier molecular flexibility index (Phi) is 6.57. The highest BCUT2D eigenvalue weighted by Gasteiger charge is 2.28. The van der Waals surface area contributed by atoms with Crippen LogP contribution in [-0.2, 0) is 5.75 Å². The van der Waals surface area contributed by atoms with Crippen LogP contribution in [-0.4, -0.2) is 52.9 Å². The molecule has 1 aliphatic heterocycles. The van der Waals surface area contributed by atoms with Crippen LogP contribution in [0, 0.1) is 18.3 Å². The van der Waals surface area contributed by atoms with Gasteiger partial charge in [-0.1, -0.05) is 29.4 Å². The Bertz CT molecular complexity index is 1160. The minimum absolute atomic E-state index is 0.0319. The molecule has 3 aromatic rings. The number of benzene rings is 2. The zero-order valence-corrected chi connectivity index (χ0v) is 18.5. The van der Waals surface area contributed by atoms with Crippen molar-refractivity contribution in [2.45, 2.75) is 17.6 Å². The van der Waals surface area contributed by atoms with E-state index in [4.69, 9.17) is 9.78 Å². The molecule has 2 amide bonds. The molecule has 1 saturated heterocycles. The van der Waals surface area contributed by atoms with E-state index < -0.39 is 0 Å². The van der Waals surface area contributed by atoms with E-state index in [-0.39, 0.29) is 17.6 Å². The maximum atomic E-state index is 13.2. The zero-order valence-electron chi connectivity index (χ0n) is 17.7. The second kappa shape index (κ2) is 9.71. The second-order valence-corrected chi connectivity index (χ2v) is 8.53. The lowest BCUT2D eigenvalue weighted by atomic mass is 10.1. The summed E-state index contributed by atoms with van der Waals surface area (Å²) in [5.41, 5.74) is 3.05. The maximum absolute atomic E-state index is 13.2. The average molecular weight is 447 g/mol. The predicted octanol–water partition coefficient (Wildman–Crippen LogP) is 3.75. The van der Waals surface area contributed by atoms with Crippen LogP contribution in [0.3, 0.4) is 0 Å². The molecular formula is C24H22N4O3S. The van der Waals surface area contributed by atoms with E-state index in [0.29, 0.717) is 48.8 Å². The van der Waals surface area contributed by atoms with Gasteiger partial charge in [0, 0.05) is 42.9 Å². The van der Waals surface area contributed by atoms with E-state index in [2.05, 4.69) is 11.2 Å². The third kappa shape index (κ3) is 4.84. The molecule has 0 saturated carbocycles. The van der Waals surface area contributed by atoms with Gasteiger partial charge in [0.2, 0.25) is 5.76 Å². The first-order valence-electron chi connectivity index (χ1n) is 10.3. The molecule has 2 aromatic carbocycles. The molecule has 162 valence electrons. The summed E-state index contributed by atoms with van der Waals surface area (Å²) in [6.45, 7) is 3.60. The maximum Gasteiger partial charge on any atom is 0.292 e. The lowest BCUT2D eigenvalue weighted by Gasteiger charge is -2.34. The SMILES string of the molecule is Cc1cc(C(=O)N2CCN(C(=O)c3ccccc3SCc3ccc(C#N)cc3)CC2)on1. The Labute approximate surface area is 190 Å². The largest absolute Gasteiger partial charge is 0.351 e. The Morgan fingerprint density at radius 2 is 1.69 bits per heavy atom. The molecular weight excluding hydrogens is 424 g/mol. The van der Waals surface area contributed by atoms with E-state index in [1.165, 1.54) is 0 Å². The molecule has 0 bridgehead atoms. The number of hydrogen-bond donors (Lipinski definition) is 0. The van der Waals surface area contributed by atoms with Crippen LogP contribution in [0.1, 0.15) is 37.7 Å². The van der Waals surface area contributed by atoms with Crippen LogP contribution in [0.2, 0.25) is 0 Å². The van der Waals surface area contributed by atoms with E-state index in [1.54, 1.807) is 46.7 Å². The molecule has 1 fully saturated rings. The van der Waals surface area contributed by atoms with Crippen molar-refractivity contribution in [2.24, 2.45) is 0 Å². The summed E-state index contributed by atoms with van der Waals surface area (Å²) >= 11 is 1.60. The Balaban J connectivity index is 1.38. The molecule has 0 N–H and O–H groups in total. The van der Waals surface area contributed by atoms with Crippen molar-refractivity contribution in [3.63, 3.8) is 0 Å². The van der Waals surface area contributed by atoms with Gasteiger partial charge in [0.25, 0.3) is 11.8 Å². The van der Waals surface area contributed by atoms with Gasteiger partial charge in [0.15, 0.2) is 0 Å². The van der Waals surface area contributed by atoms with Gasteiger partial charge in [-0.3, -0.25) is 9.59 Å². The van der Waals surface area contributed by atoms with E-state index in [1.807, 2.05) is 36.4 Å². The highest BCUT2D eigenvalue weighted by molar-refractivity contribution is 7.98. The number of carbonyl (C=O) groups is 2. The van der Waals surface area contributed by atoms with Gasteiger partial charge < -0.3 is 14.3 Å². The number of rotatable bonds is 5. The van der Waals surface area contributed by atoms with Crippen molar-refractivity contribution in [2.75, 3.05) is 26.2 Å². The molecule has 0 atom stereocenters. The first kappa shape index (κ1) is 21.7. The van der Waals surface area contributed by atoms with Crippen LogP contribution in [0.4, 0.5) is 0 Å². The van der Waals surface area contributed by atoms with Gasteiger partial charge in [-0.2, -0.15) is 5.26 Å². The van der Waals surface area contributed by atoms with Crippen molar-refractivity contribution in [3.8, 4) is 6.07 Å². The minimum Gasteiger partial charge on any atom is -0.351 e. The number of nitriles is 1. The summed E-state index contributed by atoms with van der Waals surface area (Å²) in [6, 6.07) is 18.8. The standard InChI is InChI=1S/C24H22N4O3S/c1-17-14-21(31-26-17)24(30)28-12-10-27(11-13-28)23(29)20-4-2-3-5-22(20)32-16-19-8-6-18(15-25)7-9-19/h2-9,14H,10-13,16H2,1H3. The average Bonchev–Trinajstić information content (AvgIpc) is 3.28. The molecule has 8 heteroatoms. The van der Waals surface area contributed by atoms with Crippen LogP contribution in [0.25, 0.3) is 0 Å². The number of amides is 2. The van der Waals surface area contributed by atoms with Crippen molar-refractivity contribution in [3.05, 3.63) is 82.7 Å². The summed E-state index contributed by atoms with van der Waals surface area (Å²) in [7, 11) is 0. The third-order valence-electron chi connectivity index (χ3n) is 5.29. The fraction of sp³-hybridized carbons (Fsp3) is 0.250. The van der Waals surface area contributed by atoms with Crippen molar-refractivity contribution < 1.29 is 14.1 Å². The summed E-state index contributed by atoms with van der Waals surface area (Å²) in [5, 5.41) is 12.7. The van der Waals surface area contributed by atoms with Crippen LogP contribution in [0.15, 0.2) is 64.0 Å². The smallest absolute Gasteiger partial charge is 0.292 e. The number of thioether (sulfide) groups is 1. The van der Waals surface area contributed by atoms with Gasteiger partial charge >= 0.3 is 0 Å². The van der Waals surface area contributed by atoms with E-state index in [0.717, 1.165) is 10.5 Å². The van der Waals surface area contributed by atoms with Gasteiger partial charge in [0.05, 0.1) is 22.9 Å². The second-order valence-electron chi connectivity index (χ2n) is 7.51. The normalized spacial score (nSPS) is 13.6. The molecule has 1 aromatic heterocycles. The topological polar surface area (TPSA) is 90.4 Å². The van der Waals surface area contributed by atoms with E-state index in [9.17, 15) is 9.59 Å². The number of aryl methyl sites for hydroxylation is 1. The Morgan fingerprint density at radius 3 is 2.31 bits per heavy atom. The number of aromatic nitrogens is 1. The van der Waals surface area contributed by atoms with Crippen LogP contribution >= 0.6 is 11.8 Å². The first-order chi connectivity index (χ1) is 15.5. The summed E-state index contributed by atoms with van der Waals surface area (Å²) in [5.74, 6) is 0.702. The molecule has 0 spiro atoms. The van der Waals surface area contributed by atoms with Gasteiger partial charge in [-0.05, 0) is 36.8 Å². The molecule has 32 heavy (non-hydrogen) atoms. The van der Waals surface area contributed by atoms with Crippen molar-refractivity contribution in [1.82, 2.24) is 15.0 Å². The fourth-order valence-electron chi connectivity index (χ4n) is 3.51. The van der Waals surface area contributed by atoms with Crippen LogP contribution in [0.5, 0.6) is 0 Å². The lowest BCUT2D eigenvalue weighted by Crippen LogP contribution is -2.50. The molecule has 7 nitrogen and oxygen atoms in total. The molecule has 0 aliphatic carbocycles. The predicted molar refractivity (Wildman–Crippen MR) is 120 cm³/mol. The number of nitrogens with zero attached hydrogens (tertiary/aromatic N) is 4. The van der Waals surface area contributed by atoms with E-state index >= 15 is 0 Å².